The van der Waals surface area contributed by atoms with Crippen LogP contribution in [0.25, 0.3) is 0 Å². The van der Waals surface area contributed by atoms with Crippen LogP contribution < -0.4 is 5.32 Å². The van der Waals surface area contributed by atoms with Gasteiger partial charge in [0.05, 0.1) is 5.41 Å². The van der Waals surface area contributed by atoms with Crippen molar-refractivity contribution in [2.45, 2.75) is 50.5 Å². The zero-order valence-corrected chi connectivity index (χ0v) is 14.2. The fraction of sp³-hybridized carbons (Fsp3) is 0.421. The van der Waals surface area contributed by atoms with Crippen LogP contribution in [0.15, 0.2) is 41.1 Å². The van der Waals surface area contributed by atoms with Crippen LogP contribution in [0.5, 0.6) is 0 Å². The highest BCUT2D eigenvalue weighted by atomic mass is 32.1. The molecule has 1 saturated carbocycles. The smallest absolute Gasteiger partial charge is 0.230 e. The molecule has 1 N–H and O–H groups in total. The lowest BCUT2D eigenvalue weighted by atomic mass is 9.77. The quantitative estimate of drug-likeness (QED) is 0.862. The number of benzene rings is 1. The SMILES string of the molecule is CC(Cc1ccsc1)NC(=O)C1(c2cccc(F)c2)CCCC1. The summed E-state index contributed by atoms with van der Waals surface area (Å²) < 4.78 is 13.6. The first-order chi connectivity index (χ1) is 11.1. The molecule has 4 heteroatoms. The highest BCUT2D eigenvalue weighted by Gasteiger charge is 2.43. The topological polar surface area (TPSA) is 29.1 Å². The minimum absolute atomic E-state index is 0.0447. The van der Waals surface area contributed by atoms with Gasteiger partial charge in [0.15, 0.2) is 0 Å². The van der Waals surface area contributed by atoms with Crippen molar-refractivity contribution in [2.75, 3.05) is 0 Å². The van der Waals surface area contributed by atoms with Crippen LogP contribution in [-0.4, -0.2) is 11.9 Å². The molecule has 1 atom stereocenters. The molecule has 2 nitrogen and oxygen atoms in total. The van der Waals surface area contributed by atoms with Gasteiger partial charge in [-0.15, -0.1) is 0 Å². The maximum absolute atomic E-state index is 13.6. The summed E-state index contributed by atoms with van der Waals surface area (Å²) in [4.78, 5) is 13.0. The molecule has 1 heterocycles. The van der Waals surface area contributed by atoms with Gasteiger partial charge in [0.25, 0.3) is 0 Å². The van der Waals surface area contributed by atoms with Crippen molar-refractivity contribution in [3.05, 3.63) is 58.0 Å². The standard InChI is InChI=1S/C19H22FNOS/c1-14(11-15-7-10-23-13-15)21-18(22)19(8-2-3-9-19)16-5-4-6-17(20)12-16/h4-7,10,12-14H,2-3,8-9,11H2,1H3,(H,21,22). The Balaban J connectivity index is 1.76. The molecular weight excluding hydrogens is 309 g/mol. The van der Waals surface area contributed by atoms with Crippen LogP contribution >= 0.6 is 11.3 Å². The second kappa shape index (κ2) is 6.83. The lowest BCUT2D eigenvalue weighted by molar-refractivity contribution is -0.127. The average Bonchev–Trinajstić information content (AvgIpc) is 3.18. The third-order valence-electron chi connectivity index (χ3n) is 4.77. The maximum Gasteiger partial charge on any atom is 0.230 e. The van der Waals surface area contributed by atoms with Gasteiger partial charge in [-0.05, 0) is 66.3 Å². The monoisotopic (exact) mass is 331 g/mol. The van der Waals surface area contributed by atoms with Crippen LogP contribution in [0, 0.1) is 5.82 Å². The summed E-state index contributed by atoms with van der Waals surface area (Å²) in [6, 6.07) is 8.70. The molecule has 1 aromatic carbocycles. The van der Waals surface area contributed by atoms with Crippen LogP contribution in [0.4, 0.5) is 4.39 Å². The first-order valence-electron chi connectivity index (χ1n) is 8.18. The van der Waals surface area contributed by atoms with Gasteiger partial charge in [-0.3, -0.25) is 4.79 Å². The van der Waals surface area contributed by atoms with Crippen LogP contribution in [0.1, 0.15) is 43.7 Å². The first-order valence-corrected chi connectivity index (χ1v) is 9.12. The number of halogens is 1. The Kier molecular flexibility index (Phi) is 4.81. The molecule has 2 aromatic rings. The number of rotatable bonds is 5. The van der Waals surface area contributed by atoms with Gasteiger partial charge in [0.1, 0.15) is 5.82 Å². The average molecular weight is 331 g/mol. The number of nitrogens with one attached hydrogen (secondary N) is 1. The number of carbonyl (C=O) groups excluding carboxylic acids is 1. The van der Waals surface area contributed by atoms with Crippen molar-refractivity contribution in [3.63, 3.8) is 0 Å². The number of hydrogen-bond acceptors (Lipinski definition) is 2. The Hall–Kier alpha value is -1.68. The highest BCUT2D eigenvalue weighted by Crippen LogP contribution is 2.41. The Morgan fingerprint density at radius 2 is 2.13 bits per heavy atom. The van der Waals surface area contributed by atoms with Crippen molar-refractivity contribution in [2.24, 2.45) is 0 Å². The summed E-state index contributed by atoms with van der Waals surface area (Å²) >= 11 is 1.67. The number of thiophene rings is 1. The minimum Gasteiger partial charge on any atom is -0.353 e. The van der Waals surface area contributed by atoms with Gasteiger partial charge < -0.3 is 5.32 Å². The zero-order chi connectivity index (χ0) is 16.3. The molecule has 3 rings (SSSR count). The molecule has 0 bridgehead atoms. The summed E-state index contributed by atoms with van der Waals surface area (Å²) in [5, 5.41) is 7.32. The largest absolute Gasteiger partial charge is 0.353 e. The Labute approximate surface area is 140 Å². The number of carbonyl (C=O) groups is 1. The van der Waals surface area contributed by atoms with Crippen LogP contribution in [0.2, 0.25) is 0 Å². The van der Waals surface area contributed by atoms with Crippen LogP contribution in [-0.2, 0) is 16.6 Å². The first kappa shape index (κ1) is 16.2. The summed E-state index contributed by atoms with van der Waals surface area (Å²) in [5.74, 6) is -0.226. The molecule has 1 aromatic heterocycles. The van der Waals surface area contributed by atoms with Gasteiger partial charge in [-0.25, -0.2) is 4.39 Å². The fourth-order valence-corrected chi connectivity index (χ4v) is 4.27. The van der Waals surface area contributed by atoms with Gasteiger partial charge in [-0.1, -0.05) is 25.0 Å². The zero-order valence-electron chi connectivity index (χ0n) is 13.3. The Morgan fingerprint density at radius 3 is 2.78 bits per heavy atom. The van der Waals surface area contributed by atoms with Crippen molar-refractivity contribution in [1.82, 2.24) is 5.32 Å². The normalized spacial score (nSPS) is 17.8. The van der Waals surface area contributed by atoms with Gasteiger partial charge >= 0.3 is 0 Å². The molecule has 1 amide bonds. The van der Waals surface area contributed by atoms with Crippen molar-refractivity contribution in [1.29, 1.82) is 0 Å². The van der Waals surface area contributed by atoms with Crippen molar-refractivity contribution in [3.8, 4) is 0 Å². The molecule has 1 aliphatic rings. The molecule has 1 fully saturated rings. The van der Waals surface area contributed by atoms with Crippen molar-refractivity contribution >= 4 is 17.2 Å². The van der Waals surface area contributed by atoms with E-state index in [1.54, 1.807) is 17.4 Å². The molecule has 122 valence electrons. The third-order valence-corrected chi connectivity index (χ3v) is 5.50. The van der Waals surface area contributed by atoms with Crippen molar-refractivity contribution < 1.29 is 9.18 Å². The van der Waals surface area contributed by atoms with E-state index in [1.165, 1.54) is 17.7 Å². The molecule has 23 heavy (non-hydrogen) atoms. The van der Waals surface area contributed by atoms with Gasteiger partial charge in [-0.2, -0.15) is 11.3 Å². The van der Waals surface area contributed by atoms with Crippen LogP contribution in [0.3, 0.4) is 0 Å². The second-order valence-electron chi connectivity index (χ2n) is 6.51. The molecule has 1 aliphatic carbocycles. The highest BCUT2D eigenvalue weighted by molar-refractivity contribution is 7.07. The van der Waals surface area contributed by atoms with E-state index in [1.807, 2.05) is 13.0 Å². The van der Waals surface area contributed by atoms with E-state index < -0.39 is 5.41 Å². The molecule has 0 radical (unpaired) electrons. The summed E-state index contributed by atoms with van der Waals surface area (Å²) in [6.07, 6.45) is 4.46. The number of hydrogen-bond donors (Lipinski definition) is 1. The number of amides is 1. The second-order valence-corrected chi connectivity index (χ2v) is 7.29. The van der Waals surface area contributed by atoms with Gasteiger partial charge in [0, 0.05) is 6.04 Å². The molecule has 0 spiro atoms. The Bertz CT molecular complexity index is 662. The molecule has 0 aliphatic heterocycles. The summed E-state index contributed by atoms with van der Waals surface area (Å²) in [7, 11) is 0. The third kappa shape index (κ3) is 3.47. The molecular formula is C19H22FNOS. The van der Waals surface area contributed by atoms with Gasteiger partial charge in [0.2, 0.25) is 5.91 Å². The summed E-state index contributed by atoms with van der Waals surface area (Å²) in [5.41, 5.74) is 1.50. The lowest BCUT2D eigenvalue weighted by Gasteiger charge is -2.30. The van der Waals surface area contributed by atoms with E-state index in [-0.39, 0.29) is 17.8 Å². The molecule has 1 unspecified atom stereocenters. The van der Waals surface area contributed by atoms with E-state index in [2.05, 4.69) is 22.1 Å². The minimum atomic E-state index is -0.564. The maximum atomic E-state index is 13.6. The summed E-state index contributed by atoms with van der Waals surface area (Å²) in [6.45, 7) is 2.03. The lowest BCUT2D eigenvalue weighted by Crippen LogP contribution is -2.46. The predicted molar refractivity (Wildman–Crippen MR) is 92.2 cm³/mol. The Morgan fingerprint density at radius 1 is 1.35 bits per heavy atom. The van der Waals surface area contributed by atoms with E-state index in [9.17, 15) is 9.18 Å². The predicted octanol–water partition coefficient (Wildman–Crippen LogP) is 4.45. The molecule has 0 saturated heterocycles. The van der Waals surface area contributed by atoms with E-state index >= 15 is 0 Å². The van der Waals surface area contributed by atoms with E-state index in [0.717, 1.165) is 37.7 Å². The fourth-order valence-electron chi connectivity index (χ4n) is 3.59. The van der Waals surface area contributed by atoms with E-state index in [0.29, 0.717) is 0 Å². The van der Waals surface area contributed by atoms with E-state index in [4.69, 9.17) is 0 Å².